The second-order valence-electron chi connectivity index (χ2n) is 9.04. The molecule has 2 aliphatic rings. The first-order chi connectivity index (χ1) is 18.0. The summed E-state index contributed by atoms with van der Waals surface area (Å²) in [6, 6.07) is 12.2. The van der Waals surface area contributed by atoms with Gasteiger partial charge in [0.2, 0.25) is 0 Å². The maximum absolute atomic E-state index is 13.9. The Kier molecular flexibility index (Phi) is 7.35. The molecule has 0 saturated carbocycles. The first-order valence-electron chi connectivity index (χ1n) is 11.6. The van der Waals surface area contributed by atoms with Crippen LogP contribution in [0.25, 0.3) is 16.7 Å². The third kappa shape index (κ3) is 5.36. The van der Waals surface area contributed by atoms with Gasteiger partial charge >= 0.3 is 12.2 Å². The van der Waals surface area contributed by atoms with Crippen molar-refractivity contribution < 1.29 is 22.4 Å². The largest absolute Gasteiger partial charge is 0.401 e. The third-order valence-electron chi connectivity index (χ3n) is 6.54. The number of amides is 2. The number of hydrogen-bond donors (Lipinski definition) is 1. The van der Waals surface area contributed by atoms with Gasteiger partial charge in [-0.1, -0.05) is 46.9 Å². The SMILES string of the molecule is O=C1NCc2c(-c3ccc(F)cc3Cl)cc(C3=CCN(CC(F)(F)F)CC3)cc2N1c1c(Cl)cccc1Cl. The summed E-state index contributed by atoms with van der Waals surface area (Å²) in [5.74, 6) is -0.499. The van der Waals surface area contributed by atoms with Crippen LogP contribution in [0, 0.1) is 5.82 Å². The van der Waals surface area contributed by atoms with Crippen molar-refractivity contribution in [2.75, 3.05) is 24.5 Å². The molecule has 2 amide bonds. The van der Waals surface area contributed by atoms with Crippen molar-refractivity contribution >= 4 is 57.8 Å². The lowest BCUT2D eigenvalue weighted by Crippen LogP contribution is -2.41. The highest BCUT2D eigenvalue weighted by molar-refractivity contribution is 6.40. The van der Waals surface area contributed by atoms with E-state index in [-0.39, 0.29) is 40.4 Å². The molecule has 0 aromatic heterocycles. The molecule has 3 aromatic rings. The van der Waals surface area contributed by atoms with E-state index >= 15 is 0 Å². The highest BCUT2D eigenvalue weighted by Crippen LogP contribution is 2.46. The van der Waals surface area contributed by atoms with E-state index in [2.05, 4.69) is 5.32 Å². The van der Waals surface area contributed by atoms with Crippen molar-refractivity contribution in [2.45, 2.75) is 19.1 Å². The van der Waals surface area contributed by atoms with E-state index in [1.54, 1.807) is 36.4 Å². The predicted molar refractivity (Wildman–Crippen MR) is 143 cm³/mol. The van der Waals surface area contributed by atoms with E-state index in [0.29, 0.717) is 34.4 Å². The molecule has 0 aliphatic carbocycles. The summed E-state index contributed by atoms with van der Waals surface area (Å²) in [6.07, 6.45) is -2.17. The molecule has 0 unspecified atom stereocenters. The summed E-state index contributed by atoms with van der Waals surface area (Å²) < 4.78 is 52.6. The van der Waals surface area contributed by atoms with Crippen LogP contribution >= 0.6 is 34.8 Å². The van der Waals surface area contributed by atoms with E-state index in [4.69, 9.17) is 34.8 Å². The van der Waals surface area contributed by atoms with Crippen LogP contribution in [0.1, 0.15) is 17.5 Å². The first-order valence-corrected chi connectivity index (χ1v) is 12.8. The zero-order chi connectivity index (χ0) is 27.2. The number of halogens is 7. The number of benzene rings is 3. The molecular weight excluding hydrogens is 565 g/mol. The fourth-order valence-electron chi connectivity index (χ4n) is 4.82. The Morgan fingerprint density at radius 2 is 1.68 bits per heavy atom. The summed E-state index contributed by atoms with van der Waals surface area (Å²) in [5, 5.41) is 3.52. The third-order valence-corrected chi connectivity index (χ3v) is 7.46. The molecule has 3 aromatic carbocycles. The van der Waals surface area contributed by atoms with Gasteiger partial charge in [0, 0.05) is 30.8 Å². The minimum absolute atomic E-state index is 0.124. The number of anilines is 2. The fourth-order valence-corrected chi connectivity index (χ4v) is 5.66. The average molecular weight is 585 g/mol. The Balaban J connectivity index is 1.68. The number of fused-ring (bicyclic) bond motifs is 1. The monoisotopic (exact) mass is 583 g/mol. The van der Waals surface area contributed by atoms with Crippen LogP contribution in [0.4, 0.5) is 33.7 Å². The zero-order valence-corrected chi connectivity index (χ0v) is 21.9. The minimum atomic E-state index is -4.29. The van der Waals surface area contributed by atoms with Crippen molar-refractivity contribution in [3.63, 3.8) is 0 Å². The van der Waals surface area contributed by atoms with Crippen LogP contribution in [0.3, 0.4) is 0 Å². The van der Waals surface area contributed by atoms with E-state index in [1.165, 1.54) is 21.9 Å². The normalized spacial score (nSPS) is 16.2. The van der Waals surface area contributed by atoms with Crippen LogP contribution in [0.5, 0.6) is 0 Å². The number of para-hydroxylation sites is 1. The number of carbonyl (C=O) groups excluding carboxylic acids is 1. The van der Waals surface area contributed by atoms with Crippen molar-refractivity contribution in [3.8, 4) is 11.1 Å². The molecule has 0 fully saturated rings. The zero-order valence-electron chi connectivity index (χ0n) is 19.7. The predicted octanol–water partition coefficient (Wildman–Crippen LogP) is 8.47. The maximum Gasteiger partial charge on any atom is 0.401 e. The van der Waals surface area contributed by atoms with Crippen LogP contribution in [0.15, 0.2) is 54.6 Å². The Hall–Kier alpha value is -2.78. The quantitative estimate of drug-likeness (QED) is 0.312. The number of rotatable bonds is 4. The first kappa shape index (κ1) is 26.8. The lowest BCUT2D eigenvalue weighted by atomic mass is 9.89. The summed E-state index contributed by atoms with van der Waals surface area (Å²) in [5.41, 5.74) is 4.20. The molecule has 0 saturated heterocycles. The summed E-state index contributed by atoms with van der Waals surface area (Å²) >= 11 is 19.4. The smallest absolute Gasteiger partial charge is 0.333 e. The Morgan fingerprint density at radius 1 is 0.947 bits per heavy atom. The van der Waals surface area contributed by atoms with Gasteiger partial charge in [0.05, 0.1) is 33.0 Å². The molecule has 0 radical (unpaired) electrons. The van der Waals surface area contributed by atoms with Crippen molar-refractivity contribution in [2.24, 2.45) is 0 Å². The summed E-state index contributed by atoms with van der Waals surface area (Å²) in [4.78, 5) is 15.9. The molecule has 0 atom stereocenters. The van der Waals surface area contributed by atoms with E-state index in [1.807, 2.05) is 6.07 Å². The molecule has 38 heavy (non-hydrogen) atoms. The number of urea groups is 1. The molecule has 5 rings (SSSR count). The number of carbonyl (C=O) groups is 1. The standard InChI is InChI=1S/C27H20Cl3F4N3O/c28-21-2-1-3-22(29)25(21)37-24-11-16(15-6-8-36(9-7-15)14-27(32,33)34)10-19(20(24)13-35-26(37)38)18-5-4-17(31)12-23(18)30/h1-6,10-12H,7-9,13-14H2,(H,35,38). The van der Waals surface area contributed by atoms with Crippen LogP contribution in [0.2, 0.25) is 15.1 Å². The molecule has 1 N–H and O–H groups in total. The molecule has 2 heterocycles. The van der Waals surface area contributed by atoms with E-state index < -0.39 is 24.6 Å². The second-order valence-corrected chi connectivity index (χ2v) is 10.3. The molecular formula is C27H20Cl3F4N3O. The fraction of sp³-hybridized carbons (Fsp3) is 0.222. The average Bonchev–Trinajstić information content (AvgIpc) is 2.84. The maximum atomic E-state index is 13.9. The highest BCUT2D eigenvalue weighted by atomic mass is 35.5. The Morgan fingerprint density at radius 3 is 2.32 bits per heavy atom. The molecule has 11 heteroatoms. The molecule has 2 aliphatic heterocycles. The van der Waals surface area contributed by atoms with Crippen molar-refractivity contribution in [3.05, 3.63) is 86.6 Å². The Labute approximate surface area is 231 Å². The molecule has 0 spiro atoms. The lowest BCUT2D eigenvalue weighted by molar-refractivity contribution is -0.144. The number of nitrogens with one attached hydrogen (secondary N) is 1. The molecule has 198 valence electrons. The van der Waals surface area contributed by atoms with Gasteiger partial charge in [0.15, 0.2) is 0 Å². The van der Waals surface area contributed by atoms with Gasteiger partial charge in [0.1, 0.15) is 5.82 Å². The topological polar surface area (TPSA) is 35.6 Å². The number of hydrogen-bond acceptors (Lipinski definition) is 2. The Bertz CT molecular complexity index is 1440. The van der Waals surface area contributed by atoms with Gasteiger partial charge < -0.3 is 5.32 Å². The van der Waals surface area contributed by atoms with Crippen molar-refractivity contribution in [1.82, 2.24) is 10.2 Å². The number of alkyl halides is 3. The van der Waals surface area contributed by atoms with Gasteiger partial charge in [-0.05, 0) is 65.6 Å². The van der Waals surface area contributed by atoms with E-state index in [0.717, 1.165) is 5.57 Å². The minimum Gasteiger partial charge on any atom is -0.333 e. The summed E-state index contributed by atoms with van der Waals surface area (Å²) in [7, 11) is 0. The van der Waals surface area contributed by atoms with Gasteiger partial charge in [-0.2, -0.15) is 13.2 Å². The van der Waals surface area contributed by atoms with Crippen LogP contribution < -0.4 is 10.2 Å². The van der Waals surface area contributed by atoms with Crippen molar-refractivity contribution in [1.29, 1.82) is 0 Å². The van der Waals surface area contributed by atoms with Gasteiger partial charge in [-0.15, -0.1) is 0 Å². The molecule has 4 nitrogen and oxygen atoms in total. The summed E-state index contributed by atoms with van der Waals surface area (Å²) in [6.45, 7) is -0.487. The molecule has 0 bridgehead atoms. The van der Waals surface area contributed by atoms with Gasteiger partial charge in [0.25, 0.3) is 0 Å². The number of nitrogens with zero attached hydrogens (tertiary/aromatic N) is 2. The highest BCUT2D eigenvalue weighted by Gasteiger charge is 2.33. The van der Waals surface area contributed by atoms with Crippen LogP contribution in [-0.2, 0) is 6.54 Å². The van der Waals surface area contributed by atoms with Gasteiger partial charge in [-0.25, -0.2) is 9.18 Å². The van der Waals surface area contributed by atoms with Gasteiger partial charge in [-0.3, -0.25) is 9.80 Å². The van der Waals surface area contributed by atoms with E-state index in [9.17, 15) is 22.4 Å². The van der Waals surface area contributed by atoms with Crippen LogP contribution in [-0.4, -0.2) is 36.7 Å². The lowest BCUT2D eigenvalue weighted by Gasteiger charge is -2.34. The second kappa shape index (κ2) is 10.4.